The Morgan fingerprint density at radius 2 is 2.23 bits per heavy atom. The number of hydrogen-bond donors (Lipinski definition) is 1. The molecule has 1 aromatic rings. The molecule has 0 spiro atoms. The summed E-state index contributed by atoms with van der Waals surface area (Å²) in [6, 6.07) is 3.05. The molecule has 0 saturated carbocycles. The van der Waals surface area contributed by atoms with E-state index >= 15 is 0 Å². The first-order chi connectivity index (χ1) is 10.5. The number of piperidine rings is 1. The molecule has 2 amide bonds. The molecule has 1 saturated heterocycles. The lowest BCUT2D eigenvalue weighted by Gasteiger charge is -2.33. The lowest BCUT2D eigenvalue weighted by atomic mass is 10.1. The van der Waals surface area contributed by atoms with Gasteiger partial charge in [0.25, 0.3) is 0 Å². The topological polar surface area (TPSA) is 41.6 Å². The van der Waals surface area contributed by atoms with Gasteiger partial charge in [0, 0.05) is 19.7 Å². The molecular weight excluding hydrogens is 290 g/mol. The molecular formula is C16H22F2N2O2. The summed E-state index contributed by atoms with van der Waals surface area (Å²) in [7, 11) is 0. The molecule has 0 aromatic heterocycles. The SMILES string of the molecule is CCOC1CCCN(C(=O)NC(C)c2ccc(F)c(F)c2)C1. The fraction of sp³-hybridized carbons (Fsp3) is 0.562. The second-order valence-corrected chi connectivity index (χ2v) is 5.51. The number of likely N-dealkylation sites (tertiary alicyclic amines) is 1. The van der Waals surface area contributed by atoms with Crippen molar-refractivity contribution in [3.8, 4) is 0 Å². The van der Waals surface area contributed by atoms with Gasteiger partial charge in [0.1, 0.15) is 0 Å². The monoisotopic (exact) mass is 312 g/mol. The van der Waals surface area contributed by atoms with Crippen molar-refractivity contribution in [3.05, 3.63) is 35.4 Å². The number of halogens is 2. The van der Waals surface area contributed by atoms with Crippen LogP contribution >= 0.6 is 0 Å². The fourth-order valence-electron chi connectivity index (χ4n) is 2.64. The maximum absolute atomic E-state index is 13.3. The van der Waals surface area contributed by atoms with Crippen LogP contribution in [-0.4, -0.2) is 36.7 Å². The number of nitrogens with zero attached hydrogens (tertiary/aromatic N) is 1. The highest BCUT2D eigenvalue weighted by Crippen LogP contribution is 2.18. The molecule has 1 heterocycles. The van der Waals surface area contributed by atoms with Gasteiger partial charge in [0.15, 0.2) is 11.6 Å². The zero-order chi connectivity index (χ0) is 16.1. The van der Waals surface area contributed by atoms with Gasteiger partial charge in [-0.2, -0.15) is 0 Å². The summed E-state index contributed by atoms with van der Waals surface area (Å²) < 4.78 is 31.8. The van der Waals surface area contributed by atoms with E-state index in [0.29, 0.717) is 25.3 Å². The molecule has 0 aliphatic carbocycles. The van der Waals surface area contributed by atoms with Gasteiger partial charge in [-0.3, -0.25) is 0 Å². The van der Waals surface area contributed by atoms with Crippen LogP contribution in [0.15, 0.2) is 18.2 Å². The van der Waals surface area contributed by atoms with Crippen LogP contribution in [0.4, 0.5) is 13.6 Å². The average molecular weight is 312 g/mol. The Hall–Kier alpha value is -1.69. The highest BCUT2D eigenvalue weighted by atomic mass is 19.2. The predicted octanol–water partition coefficient (Wildman–Crippen LogP) is 3.24. The van der Waals surface area contributed by atoms with Crippen molar-refractivity contribution in [2.75, 3.05) is 19.7 Å². The Morgan fingerprint density at radius 3 is 2.91 bits per heavy atom. The van der Waals surface area contributed by atoms with Crippen molar-refractivity contribution >= 4 is 6.03 Å². The lowest BCUT2D eigenvalue weighted by molar-refractivity contribution is 0.0162. The van der Waals surface area contributed by atoms with E-state index in [-0.39, 0.29) is 12.1 Å². The second-order valence-electron chi connectivity index (χ2n) is 5.51. The summed E-state index contributed by atoms with van der Waals surface area (Å²) in [4.78, 5) is 14.0. The maximum Gasteiger partial charge on any atom is 0.317 e. The summed E-state index contributed by atoms with van der Waals surface area (Å²) in [5, 5.41) is 2.82. The van der Waals surface area contributed by atoms with Crippen molar-refractivity contribution in [2.45, 2.75) is 38.8 Å². The fourth-order valence-corrected chi connectivity index (χ4v) is 2.64. The maximum atomic E-state index is 13.3. The standard InChI is InChI=1S/C16H22F2N2O2/c1-3-22-13-5-4-8-20(10-13)16(21)19-11(2)12-6-7-14(17)15(18)9-12/h6-7,9,11,13H,3-5,8,10H2,1-2H3,(H,19,21). The van der Waals surface area contributed by atoms with Crippen molar-refractivity contribution in [3.63, 3.8) is 0 Å². The van der Waals surface area contributed by atoms with Crippen LogP contribution in [0.25, 0.3) is 0 Å². The minimum Gasteiger partial charge on any atom is -0.377 e. The number of benzene rings is 1. The predicted molar refractivity (Wildman–Crippen MR) is 79.5 cm³/mol. The van der Waals surface area contributed by atoms with Gasteiger partial charge in [-0.25, -0.2) is 13.6 Å². The number of amides is 2. The molecule has 122 valence electrons. The Bertz CT molecular complexity index is 523. The van der Waals surface area contributed by atoms with Crippen molar-refractivity contribution in [1.29, 1.82) is 0 Å². The Balaban J connectivity index is 1.94. The summed E-state index contributed by atoms with van der Waals surface area (Å²) in [5.41, 5.74) is 0.533. The van der Waals surface area contributed by atoms with Crippen LogP contribution in [0.5, 0.6) is 0 Å². The number of urea groups is 1. The Morgan fingerprint density at radius 1 is 1.45 bits per heavy atom. The molecule has 1 fully saturated rings. The third-order valence-corrected chi connectivity index (χ3v) is 3.85. The zero-order valence-electron chi connectivity index (χ0n) is 12.9. The summed E-state index contributed by atoms with van der Waals surface area (Å²) in [6.07, 6.45) is 1.93. The van der Waals surface area contributed by atoms with E-state index in [9.17, 15) is 13.6 Å². The number of nitrogens with one attached hydrogen (secondary N) is 1. The largest absolute Gasteiger partial charge is 0.377 e. The number of carbonyl (C=O) groups excluding carboxylic acids is 1. The number of ether oxygens (including phenoxy) is 1. The van der Waals surface area contributed by atoms with Crippen LogP contribution in [0.1, 0.15) is 38.3 Å². The Labute approximate surface area is 129 Å². The molecule has 0 bridgehead atoms. The first-order valence-electron chi connectivity index (χ1n) is 7.63. The van der Waals surface area contributed by atoms with Gasteiger partial charge in [0.05, 0.1) is 12.1 Å². The summed E-state index contributed by atoms with van der Waals surface area (Å²) in [5.74, 6) is -1.80. The van der Waals surface area contributed by atoms with Gasteiger partial charge >= 0.3 is 6.03 Å². The molecule has 0 radical (unpaired) electrons. The molecule has 22 heavy (non-hydrogen) atoms. The van der Waals surface area contributed by atoms with E-state index in [0.717, 1.165) is 25.0 Å². The van der Waals surface area contributed by atoms with E-state index in [1.807, 2.05) is 6.92 Å². The van der Waals surface area contributed by atoms with E-state index in [1.54, 1.807) is 11.8 Å². The van der Waals surface area contributed by atoms with Gasteiger partial charge < -0.3 is 15.0 Å². The highest BCUT2D eigenvalue weighted by Gasteiger charge is 2.25. The summed E-state index contributed by atoms with van der Waals surface area (Å²) in [6.45, 7) is 5.55. The van der Waals surface area contributed by atoms with Crippen molar-refractivity contribution in [2.24, 2.45) is 0 Å². The smallest absolute Gasteiger partial charge is 0.317 e. The lowest BCUT2D eigenvalue weighted by Crippen LogP contribution is -2.48. The van der Waals surface area contributed by atoms with Crippen LogP contribution in [-0.2, 0) is 4.74 Å². The molecule has 1 aliphatic rings. The quantitative estimate of drug-likeness (QED) is 0.927. The van der Waals surface area contributed by atoms with Crippen LogP contribution in [0.3, 0.4) is 0 Å². The van der Waals surface area contributed by atoms with E-state index in [4.69, 9.17) is 4.74 Å². The van der Waals surface area contributed by atoms with Gasteiger partial charge in [0.2, 0.25) is 0 Å². The molecule has 1 aromatic carbocycles. The normalized spacial score (nSPS) is 19.8. The van der Waals surface area contributed by atoms with Crippen LogP contribution in [0, 0.1) is 11.6 Å². The highest BCUT2D eigenvalue weighted by molar-refractivity contribution is 5.74. The second kappa shape index (κ2) is 7.54. The third kappa shape index (κ3) is 4.16. The van der Waals surface area contributed by atoms with Crippen LogP contribution < -0.4 is 5.32 Å². The molecule has 1 aliphatic heterocycles. The molecule has 6 heteroatoms. The summed E-state index contributed by atoms with van der Waals surface area (Å²) >= 11 is 0. The van der Waals surface area contributed by atoms with Crippen molar-refractivity contribution < 1.29 is 18.3 Å². The average Bonchev–Trinajstić information content (AvgIpc) is 2.50. The van der Waals surface area contributed by atoms with Crippen LogP contribution in [0.2, 0.25) is 0 Å². The van der Waals surface area contributed by atoms with Gasteiger partial charge in [-0.1, -0.05) is 6.07 Å². The van der Waals surface area contributed by atoms with Gasteiger partial charge in [-0.05, 0) is 44.4 Å². The number of carbonyl (C=O) groups is 1. The first-order valence-corrected chi connectivity index (χ1v) is 7.63. The molecule has 2 unspecified atom stereocenters. The molecule has 1 N–H and O–H groups in total. The van der Waals surface area contributed by atoms with Crippen molar-refractivity contribution in [1.82, 2.24) is 10.2 Å². The molecule has 4 nitrogen and oxygen atoms in total. The zero-order valence-corrected chi connectivity index (χ0v) is 12.9. The molecule has 2 rings (SSSR count). The van der Waals surface area contributed by atoms with E-state index in [2.05, 4.69) is 5.32 Å². The minimum atomic E-state index is -0.909. The van der Waals surface area contributed by atoms with E-state index in [1.165, 1.54) is 6.07 Å². The van der Waals surface area contributed by atoms with Gasteiger partial charge in [-0.15, -0.1) is 0 Å². The molecule has 2 atom stereocenters. The van der Waals surface area contributed by atoms with E-state index < -0.39 is 17.7 Å². The number of hydrogen-bond acceptors (Lipinski definition) is 2. The third-order valence-electron chi connectivity index (χ3n) is 3.85. The first kappa shape index (κ1) is 16.7. The minimum absolute atomic E-state index is 0.0723. The Kier molecular flexibility index (Phi) is 5.71. The number of rotatable bonds is 4.